The molecule has 0 aromatic carbocycles. The van der Waals surface area contributed by atoms with E-state index < -0.39 is 0 Å². The summed E-state index contributed by atoms with van der Waals surface area (Å²) in [5, 5.41) is 6.11. The molecule has 0 radical (unpaired) electrons. The van der Waals surface area contributed by atoms with Crippen LogP contribution in [0.15, 0.2) is 5.10 Å². The zero-order valence-electron chi connectivity index (χ0n) is 9.58. The number of carbonyl (C=O) groups excluding carboxylic acids is 1. The summed E-state index contributed by atoms with van der Waals surface area (Å²) in [4.78, 5) is 11.8. The molecule has 1 amide bonds. The van der Waals surface area contributed by atoms with Crippen LogP contribution in [0.4, 0.5) is 0 Å². The fraction of sp³-hybridized carbons (Fsp3) is 0.818. The molecule has 0 N–H and O–H groups in total. The molecule has 1 rings (SSSR count). The van der Waals surface area contributed by atoms with Crippen LogP contribution in [-0.2, 0) is 4.79 Å². The summed E-state index contributed by atoms with van der Waals surface area (Å²) in [6.45, 7) is 8.21. The number of nitrogens with zero attached hydrogens (tertiary/aromatic N) is 2. The van der Waals surface area contributed by atoms with Crippen molar-refractivity contribution in [2.24, 2.45) is 11.0 Å². The van der Waals surface area contributed by atoms with Crippen molar-refractivity contribution in [3.8, 4) is 0 Å². The number of rotatable bonds is 4. The van der Waals surface area contributed by atoms with Crippen molar-refractivity contribution in [2.45, 2.75) is 53.0 Å². The molecule has 14 heavy (non-hydrogen) atoms. The van der Waals surface area contributed by atoms with Gasteiger partial charge in [0.2, 0.25) is 0 Å². The van der Waals surface area contributed by atoms with Crippen LogP contribution >= 0.6 is 0 Å². The fourth-order valence-corrected chi connectivity index (χ4v) is 1.89. The van der Waals surface area contributed by atoms with E-state index in [2.05, 4.69) is 25.9 Å². The Hall–Kier alpha value is -0.860. The summed E-state index contributed by atoms with van der Waals surface area (Å²) in [5.74, 6) is 0.177. The zero-order chi connectivity index (χ0) is 10.7. The van der Waals surface area contributed by atoms with Crippen molar-refractivity contribution in [1.82, 2.24) is 5.01 Å². The third-order valence-electron chi connectivity index (χ3n) is 2.98. The highest BCUT2D eigenvalue weighted by atomic mass is 16.2. The van der Waals surface area contributed by atoms with Gasteiger partial charge in [-0.2, -0.15) is 5.10 Å². The van der Waals surface area contributed by atoms with Crippen LogP contribution in [-0.4, -0.2) is 22.7 Å². The number of carbonyl (C=O) groups is 1. The molecule has 0 aromatic heterocycles. The maximum absolute atomic E-state index is 11.8. The minimum absolute atomic E-state index is 0.000556. The second-order valence-corrected chi connectivity index (χ2v) is 3.82. The van der Waals surface area contributed by atoms with Crippen molar-refractivity contribution in [2.75, 3.05) is 0 Å². The van der Waals surface area contributed by atoms with Gasteiger partial charge in [0.1, 0.15) is 0 Å². The summed E-state index contributed by atoms with van der Waals surface area (Å²) in [6.07, 6.45) is 2.84. The highest BCUT2D eigenvalue weighted by molar-refractivity contribution is 6.07. The van der Waals surface area contributed by atoms with Gasteiger partial charge in [0.25, 0.3) is 5.91 Å². The Kier molecular flexibility index (Phi) is 3.67. The van der Waals surface area contributed by atoms with Crippen LogP contribution in [0.1, 0.15) is 47.0 Å². The molecule has 0 fully saturated rings. The molecule has 3 heteroatoms. The maximum atomic E-state index is 11.8. The normalized spacial score (nSPS) is 22.1. The van der Waals surface area contributed by atoms with E-state index in [9.17, 15) is 4.79 Å². The lowest BCUT2D eigenvalue weighted by molar-refractivity contribution is -0.133. The minimum Gasteiger partial charge on any atom is -0.272 e. The summed E-state index contributed by atoms with van der Waals surface area (Å²) >= 11 is 0. The first-order valence-electron chi connectivity index (χ1n) is 5.56. The largest absolute Gasteiger partial charge is 0.272 e. The SMILES string of the molecule is CCC1=NN(C(CC)CC)C(=O)C1C. The first-order chi connectivity index (χ1) is 6.65. The van der Waals surface area contributed by atoms with Crippen LogP contribution in [0.25, 0.3) is 0 Å². The zero-order valence-corrected chi connectivity index (χ0v) is 9.58. The molecule has 0 bridgehead atoms. The average molecular weight is 196 g/mol. The van der Waals surface area contributed by atoms with Gasteiger partial charge >= 0.3 is 0 Å². The molecule has 0 aliphatic carbocycles. The van der Waals surface area contributed by atoms with Crippen molar-refractivity contribution in [1.29, 1.82) is 0 Å². The smallest absolute Gasteiger partial charge is 0.251 e. The first-order valence-corrected chi connectivity index (χ1v) is 5.56. The highest BCUT2D eigenvalue weighted by Gasteiger charge is 2.33. The molecular weight excluding hydrogens is 176 g/mol. The van der Waals surface area contributed by atoms with Crippen molar-refractivity contribution < 1.29 is 4.79 Å². The molecule has 0 spiro atoms. The third kappa shape index (κ3) is 1.81. The van der Waals surface area contributed by atoms with Gasteiger partial charge in [-0.25, -0.2) is 5.01 Å². The van der Waals surface area contributed by atoms with Crippen LogP contribution in [0.3, 0.4) is 0 Å². The second-order valence-electron chi connectivity index (χ2n) is 3.82. The molecule has 1 atom stereocenters. The van der Waals surface area contributed by atoms with E-state index in [0.29, 0.717) is 0 Å². The van der Waals surface area contributed by atoms with Crippen LogP contribution in [0.5, 0.6) is 0 Å². The Morgan fingerprint density at radius 1 is 1.36 bits per heavy atom. The van der Waals surface area contributed by atoms with Crippen molar-refractivity contribution in [3.05, 3.63) is 0 Å². The van der Waals surface area contributed by atoms with E-state index in [1.54, 1.807) is 5.01 Å². The molecular formula is C11H20N2O. The number of amides is 1. The molecule has 0 saturated heterocycles. The van der Waals surface area contributed by atoms with E-state index in [1.165, 1.54) is 0 Å². The lowest BCUT2D eigenvalue weighted by Gasteiger charge is -2.22. The molecule has 3 nitrogen and oxygen atoms in total. The topological polar surface area (TPSA) is 32.7 Å². The Balaban J connectivity index is 2.81. The van der Waals surface area contributed by atoms with E-state index in [4.69, 9.17) is 0 Å². The predicted octanol–water partition coefficient (Wildman–Crippen LogP) is 2.42. The van der Waals surface area contributed by atoms with Gasteiger partial charge in [0.05, 0.1) is 17.7 Å². The minimum atomic E-state index is 0.000556. The van der Waals surface area contributed by atoms with E-state index >= 15 is 0 Å². The Bertz CT molecular complexity index is 244. The standard InChI is InChI=1S/C11H20N2O/c1-5-9(6-2)13-11(14)8(4)10(7-3)12-13/h8-9H,5-7H2,1-4H3. The van der Waals surface area contributed by atoms with Gasteiger partial charge in [0.15, 0.2) is 0 Å². The van der Waals surface area contributed by atoms with Crippen LogP contribution < -0.4 is 0 Å². The maximum Gasteiger partial charge on any atom is 0.251 e. The van der Waals surface area contributed by atoms with Gasteiger partial charge < -0.3 is 0 Å². The van der Waals surface area contributed by atoms with Gasteiger partial charge in [0, 0.05) is 0 Å². The molecule has 0 saturated carbocycles. The Labute approximate surface area is 86.2 Å². The summed E-state index contributed by atoms with van der Waals surface area (Å²) in [6, 6.07) is 0.286. The van der Waals surface area contributed by atoms with Gasteiger partial charge in [-0.3, -0.25) is 4.79 Å². The molecule has 0 aromatic rings. The van der Waals surface area contributed by atoms with Crippen LogP contribution in [0, 0.1) is 5.92 Å². The Morgan fingerprint density at radius 3 is 2.29 bits per heavy atom. The number of hydrazone groups is 1. The fourth-order valence-electron chi connectivity index (χ4n) is 1.89. The van der Waals surface area contributed by atoms with Crippen molar-refractivity contribution in [3.63, 3.8) is 0 Å². The third-order valence-corrected chi connectivity index (χ3v) is 2.98. The quantitative estimate of drug-likeness (QED) is 0.679. The summed E-state index contributed by atoms with van der Waals surface area (Å²) in [7, 11) is 0. The lowest BCUT2D eigenvalue weighted by atomic mass is 10.0. The lowest BCUT2D eigenvalue weighted by Crippen LogP contribution is -2.34. The molecule has 1 heterocycles. The van der Waals surface area contributed by atoms with Gasteiger partial charge in [-0.15, -0.1) is 0 Å². The van der Waals surface area contributed by atoms with Gasteiger partial charge in [-0.1, -0.05) is 20.8 Å². The van der Waals surface area contributed by atoms with Crippen LogP contribution in [0.2, 0.25) is 0 Å². The van der Waals surface area contributed by atoms with E-state index in [1.807, 2.05) is 6.92 Å². The monoisotopic (exact) mass is 196 g/mol. The highest BCUT2D eigenvalue weighted by Crippen LogP contribution is 2.22. The van der Waals surface area contributed by atoms with E-state index in [-0.39, 0.29) is 17.9 Å². The predicted molar refractivity (Wildman–Crippen MR) is 58.1 cm³/mol. The Morgan fingerprint density at radius 2 is 1.93 bits per heavy atom. The van der Waals surface area contributed by atoms with Gasteiger partial charge in [-0.05, 0) is 26.2 Å². The first kappa shape index (κ1) is 11.2. The summed E-state index contributed by atoms with van der Waals surface area (Å²) in [5.41, 5.74) is 1.03. The second kappa shape index (κ2) is 4.58. The summed E-state index contributed by atoms with van der Waals surface area (Å²) < 4.78 is 0. The molecule has 1 unspecified atom stereocenters. The number of hydrogen-bond donors (Lipinski definition) is 0. The van der Waals surface area contributed by atoms with E-state index in [0.717, 1.165) is 25.0 Å². The molecule has 80 valence electrons. The number of hydrogen-bond acceptors (Lipinski definition) is 2. The molecule has 1 aliphatic heterocycles. The van der Waals surface area contributed by atoms with Crippen molar-refractivity contribution >= 4 is 11.6 Å². The molecule has 1 aliphatic rings. The average Bonchev–Trinajstić information content (AvgIpc) is 2.48.